The zero-order valence-electron chi connectivity index (χ0n) is 10.4. The molecule has 0 fully saturated rings. The molecule has 0 atom stereocenters. The lowest BCUT2D eigenvalue weighted by Gasteiger charge is -2.09. The number of aromatic nitrogens is 1. The molecule has 1 heterocycles. The van der Waals surface area contributed by atoms with Gasteiger partial charge in [-0.3, -0.25) is 4.79 Å². The molecule has 19 heavy (non-hydrogen) atoms. The number of nitrogen functional groups attached to an aromatic ring is 1. The van der Waals surface area contributed by atoms with Gasteiger partial charge in [-0.15, -0.1) is 0 Å². The maximum absolute atomic E-state index is 13.7. The minimum atomic E-state index is -0.509. The number of nitrogens with zero attached hydrogens (tertiary/aromatic N) is 2. The molecule has 0 saturated heterocycles. The molecule has 96 valence electrons. The van der Waals surface area contributed by atoms with Gasteiger partial charge in [0.15, 0.2) is 0 Å². The summed E-state index contributed by atoms with van der Waals surface area (Å²) in [5.41, 5.74) is 7.25. The summed E-state index contributed by atoms with van der Waals surface area (Å²) < 4.78 is 15.1. The SMILES string of the molecule is Cc1cc(=O)n(Cc2ccc(C#N)cc2F)cc1N. The van der Waals surface area contributed by atoms with Crippen LogP contribution in [0.15, 0.2) is 35.3 Å². The molecule has 0 radical (unpaired) electrons. The lowest BCUT2D eigenvalue weighted by Crippen LogP contribution is -2.21. The topological polar surface area (TPSA) is 71.8 Å². The summed E-state index contributed by atoms with van der Waals surface area (Å²) in [6.45, 7) is 1.82. The molecule has 4 nitrogen and oxygen atoms in total. The third-order valence-corrected chi connectivity index (χ3v) is 2.90. The van der Waals surface area contributed by atoms with Crippen LogP contribution in [-0.2, 0) is 6.54 Å². The number of benzene rings is 1. The van der Waals surface area contributed by atoms with Gasteiger partial charge < -0.3 is 10.3 Å². The maximum Gasteiger partial charge on any atom is 0.251 e. The summed E-state index contributed by atoms with van der Waals surface area (Å²) in [6, 6.07) is 7.43. The highest BCUT2D eigenvalue weighted by Crippen LogP contribution is 2.12. The summed E-state index contributed by atoms with van der Waals surface area (Å²) in [7, 11) is 0. The predicted octanol–water partition coefficient (Wildman–Crippen LogP) is 1.80. The molecule has 0 bridgehead atoms. The molecule has 1 aromatic heterocycles. The smallest absolute Gasteiger partial charge is 0.251 e. The van der Waals surface area contributed by atoms with Gasteiger partial charge in [-0.2, -0.15) is 5.26 Å². The Hall–Kier alpha value is -2.61. The molecule has 0 unspecified atom stereocenters. The van der Waals surface area contributed by atoms with Crippen molar-refractivity contribution in [2.75, 3.05) is 5.73 Å². The van der Waals surface area contributed by atoms with Crippen LogP contribution in [0.25, 0.3) is 0 Å². The third kappa shape index (κ3) is 2.63. The van der Waals surface area contributed by atoms with E-state index in [1.165, 1.54) is 29.0 Å². The van der Waals surface area contributed by atoms with Gasteiger partial charge >= 0.3 is 0 Å². The van der Waals surface area contributed by atoms with Gasteiger partial charge in [0, 0.05) is 17.8 Å². The fraction of sp³-hybridized carbons (Fsp3) is 0.143. The molecule has 0 saturated carbocycles. The third-order valence-electron chi connectivity index (χ3n) is 2.90. The number of pyridine rings is 1. The van der Waals surface area contributed by atoms with E-state index in [1.807, 2.05) is 6.07 Å². The second-order valence-electron chi connectivity index (χ2n) is 4.30. The van der Waals surface area contributed by atoms with Crippen molar-refractivity contribution in [2.24, 2.45) is 0 Å². The molecular weight excluding hydrogens is 245 g/mol. The van der Waals surface area contributed by atoms with E-state index < -0.39 is 5.82 Å². The summed E-state index contributed by atoms with van der Waals surface area (Å²) in [5.74, 6) is -0.509. The van der Waals surface area contributed by atoms with Crippen LogP contribution in [0, 0.1) is 24.1 Å². The highest BCUT2D eigenvalue weighted by molar-refractivity contribution is 5.43. The van der Waals surface area contributed by atoms with Gasteiger partial charge in [-0.25, -0.2) is 4.39 Å². The number of hydrogen-bond donors (Lipinski definition) is 1. The maximum atomic E-state index is 13.7. The minimum absolute atomic E-state index is 0.0842. The Morgan fingerprint density at radius 3 is 2.79 bits per heavy atom. The van der Waals surface area contributed by atoms with Crippen LogP contribution in [0.5, 0.6) is 0 Å². The molecule has 0 aliphatic rings. The summed E-state index contributed by atoms with van der Waals surface area (Å²) in [6.07, 6.45) is 1.50. The normalized spacial score (nSPS) is 10.2. The van der Waals surface area contributed by atoms with E-state index in [-0.39, 0.29) is 17.7 Å². The summed E-state index contributed by atoms with van der Waals surface area (Å²) in [5, 5.41) is 8.67. The lowest BCUT2D eigenvalue weighted by atomic mass is 10.1. The Morgan fingerprint density at radius 1 is 1.42 bits per heavy atom. The average Bonchev–Trinajstić information content (AvgIpc) is 2.38. The Bertz CT molecular complexity index is 728. The number of halogens is 1. The van der Waals surface area contributed by atoms with Crippen LogP contribution in [0.2, 0.25) is 0 Å². The Balaban J connectivity index is 2.40. The van der Waals surface area contributed by atoms with Crippen molar-refractivity contribution in [1.82, 2.24) is 4.57 Å². The van der Waals surface area contributed by atoms with Gasteiger partial charge in [-0.05, 0) is 24.6 Å². The highest BCUT2D eigenvalue weighted by Gasteiger charge is 2.07. The number of aryl methyl sites for hydroxylation is 1. The lowest BCUT2D eigenvalue weighted by molar-refractivity contribution is 0.596. The molecule has 5 heteroatoms. The van der Waals surface area contributed by atoms with Gasteiger partial charge in [0.2, 0.25) is 0 Å². The number of rotatable bonds is 2. The number of nitrogens with two attached hydrogens (primary N) is 1. The molecule has 2 N–H and O–H groups in total. The van der Waals surface area contributed by atoms with Crippen LogP contribution in [-0.4, -0.2) is 4.57 Å². The summed E-state index contributed by atoms with van der Waals surface area (Å²) in [4.78, 5) is 11.8. The number of anilines is 1. The van der Waals surface area contributed by atoms with E-state index in [1.54, 1.807) is 6.92 Å². The fourth-order valence-corrected chi connectivity index (χ4v) is 1.74. The number of hydrogen-bond acceptors (Lipinski definition) is 3. The van der Waals surface area contributed by atoms with Crippen LogP contribution in [0.3, 0.4) is 0 Å². The van der Waals surface area contributed by atoms with Crippen LogP contribution in [0.1, 0.15) is 16.7 Å². The quantitative estimate of drug-likeness (QED) is 0.891. The van der Waals surface area contributed by atoms with E-state index in [9.17, 15) is 9.18 Å². The first-order valence-electron chi connectivity index (χ1n) is 5.66. The van der Waals surface area contributed by atoms with E-state index in [4.69, 9.17) is 11.0 Å². The molecule has 2 rings (SSSR count). The van der Waals surface area contributed by atoms with Crippen molar-refractivity contribution in [3.63, 3.8) is 0 Å². The van der Waals surface area contributed by atoms with E-state index in [0.717, 1.165) is 6.07 Å². The highest BCUT2D eigenvalue weighted by atomic mass is 19.1. The first-order valence-corrected chi connectivity index (χ1v) is 5.66. The van der Waals surface area contributed by atoms with Gasteiger partial charge in [0.05, 0.1) is 23.9 Å². The first kappa shape index (κ1) is 12.8. The predicted molar refractivity (Wildman–Crippen MR) is 70.1 cm³/mol. The largest absolute Gasteiger partial charge is 0.397 e. The van der Waals surface area contributed by atoms with Crippen molar-refractivity contribution in [1.29, 1.82) is 5.26 Å². The van der Waals surface area contributed by atoms with E-state index in [0.29, 0.717) is 16.8 Å². The molecule has 0 spiro atoms. The Morgan fingerprint density at radius 2 is 2.16 bits per heavy atom. The Kier molecular flexibility index (Phi) is 3.34. The van der Waals surface area contributed by atoms with Crippen molar-refractivity contribution in [3.8, 4) is 6.07 Å². The molecule has 2 aromatic rings. The second-order valence-corrected chi connectivity index (χ2v) is 4.30. The zero-order chi connectivity index (χ0) is 14.0. The fourth-order valence-electron chi connectivity index (χ4n) is 1.74. The number of nitriles is 1. The minimum Gasteiger partial charge on any atom is -0.397 e. The van der Waals surface area contributed by atoms with E-state index in [2.05, 4.69) is 0 Å². The molecule has 0 aliphatic heterocycles. The Labute approximate surface area is 109 Å². The summed E-state index contributed by atoms with van der Waals surface area (Å²) >= 11 is 0. The van der Waals surface area contributed by atoms with Crippen molar-refractivity contribution >= 4 is 5.69 Å². The first-order chi connectivity index (χ1) is 9.01. The monoisotopic (exact) mass is 257 g/mol. The van der Waals surface area contributed by atoms with Crippen molar-refractivity contribution < 1.29 is 4.39 Å². The standard InChI is InChI=1S/C14H12FN3O/c1-9-4-14(19)18(8-13(9)17)7-11-3-2-10(6-16)5-12(11)15/h2-5,8H,7,17H2,1H3. The van der Waals surface area contributed by atoms with Gasteiger partial charge in [-0.1, -0.05) is 6.07 Å². The van der Waals surface area contributed by atoms with Gasteiger partial charge in [0.25, 0.3) is 5.56 Å². The molecule has 1 aromatic carbocycles. The van der Waals surface area contributed by atoms with Crippen LogP contribution >= 0.6 is 0 Å². The van der Waals surface area contributed by atoms with Gasteiger partial charge in [0.1, 0.15) is 5.82 Å². The second kappa shape index (κ2) is 4.94. The molecular formula is C14H12FN3O. The van der Waals surface area contributed by atoms with Crippen LogP contribution < -0.4 is 11.3 Å². The molecule has 0 aliphatic carbocycles. The van der Waals surface area contributed by atoms with Crippen LogP contribution in [0.4, 0.5) is 10.1 Å². The van der Waals surface area contributed by atoms with Crippen molar-refractivity contribution in [2.45, 2.75) is 13.5 Å². The average molecular weight is 257 g/mol. The molecule has 0 amide bonds. The zero-order valence-corrected chi connectivity index (χ0v) is 10.4. The van der Waals surface area contributed by atoms with E-state index >= 15 is 0 Å². The van der Waals surface area contributed by atoms with Crippen molar-refractivity contribution in [3.05, 3.63) is 63.3 Å².